The number of benzene rings is 1. The predicted octanol–water partition coefficient (Wildman–Crippen LogP) is 2.44. The van der Waals surface area contributed by atoms with E-state index in [-0.39, 0.29) is 11.9 Å². The maximum atomic E-state index is 11.6. The number of carbonyl (C=O) groups excluding carboxylic acids is 1. The quantitative estimate of drug-likeness (QED) is 0.857. The highest BCUT2D eigenvalue weighted by atomic mass is 16.1. The first-order valence-corrected chi connectivity index (χ1v) is 6.79. The van der Waals surface area contributed by atoms with E-state index in [2.05, 4.69) is 5.32 Å². The van der Waals surface area contributed by atoms with Crippen molar-refractivity contribution in [2.75, 3.05) is 0 Å². The number of primary amides is 1. The molecule has 0 aliphatic heterocycles. The summed E-state index contributed by atoms with van der Waals surface area (Å²) in [6.07, 6.45) is 6.10. The monoisotopic (exact) mass is 246 g/mol. The summed E-state index contributed by atoms with van der Waals surface area (Å²) in [5.41, 5.74) is 7.69. The van der Waals surface area contributed by atoms with E-state index in [0.29, 0.717) is 6.04 Å². The molecule has 1 aromatic carbocycles. The van der Waals surface area contributed by atoms with Crippen molar-refractivity contribution >= 4 is 5.91 Å². The van der Waals surface area contributed by atoms with E-state index in [1.54, 1.807) is 0 Å². The van der Waals surface area contributed by atoms with E-state index < -0.39 is 0 Å². The van der Waals surface area contributed by atoms with Gasteiger partial charge in [0.1, 0.15) is 6.04 Å². The highest BCUT2D eigenvalue weighted by Gasteiger charge is 2.22. The number of rotatable bonds is 4. The Balaban J connectivity index is 2.07. The molecule has 1 aromatic rings. The molecule has 1 atom stereocenters. The Morgan fingerprint density at radius 1 is 1.22 bits per heavy atom. The van der Waals surface area contributed by atoms with E-state index in [1.807, 2.05) is 31.2 Å². The molecule has 3 nitrogen and oxygen atoms in total. The third-order valence-electron chi connectivity index (χ3n) is 3.70. The minimum atomic E-state index is -0.353. The van der Waals surface area contributed by atoms with Crippen LogP contribution in [0, 0.1) is 6.92 Å². The van der Waals surface area contributed by atoms with Gasteiger partial charge in [-0.1, -0.05) is 49.1 Å². The molecular formula is C15H22N2O. The van der Waals surface area contributed by atoms with Crippen LogP contribution in [0.25, 0.3) is 0 Å². The zero-order chi connectivity index (χ0) is 13.0. The Bertz CT molecular complexity index is 393. The van der Waals surface area contributed by atoms with Crippen molar-refractivity contribution in [3.63, 3.8) is 0 Å². The lowest BCUT2D eigenvalue weighted by Crippen LogP contribution is -2.40. The number of hydrogen-bond donors (Lipinski definition) is 2. The summed E-state index contributed by atoms with van der Waals surface area (Å²) in [6.45, 7) is 2.04. The van der Waals surface area contributed by atoms with Gasteiger partial charge in [-0.3, -0.25) is 10.1 Å². The van der Waals surface area contributed by atoms with Gasteiger partial charge in [-0.2, -0.15) is 0 Å². The third-order valence-corrected chi connectivity index (χ3v) is 3.70. The van der Waals surface area contributed by atoms with Gasteiger partial charge < -0.3 is 5.73 Å². The summed E-state index contributed by atoms with van der Waals surface area (Å²) in [6, 6.07) is 8.09. The van der Waals surface area contributed by atoms with Gasteiger partial charge in [0.05, 0.1) is 0 Å². The summed E-state index contributed by atoms with van der Waals surface area (Å²) in [5.74, 6) is -0.288. The zero-order valence-electron chi connectivity index (χ0n) is 11.0. The number of aryl methyl sites for hydroxylation is 1. The maximum Gasteiger partial charge on any atom is 0.239 e. The molecule has 1 saturated carbocycles. The fraction of sp³-hybridized carbons (Fsp3) is 0.533. The van der Waals surface area contributed by atoms with Gasteiger partial charge in [0.25, 0.3) is 0 Å². The van der Waals surface area contributed by atoms with Crippen LogP contribution in [0.15, 0.2) is 24.3 Å². The van der Waals surface area contributed by atoms with E-state index in [1.165, 1.54) is 24.8 Å². The fourth-order valence-electron chi connectivity index (χ4n) is 2.61. The third kappa shape index (κ3) is 3.33. The average molecular weight is 246 g/mol. The van der Waals surface area contributed by atoms with Crippen molar-refractivity contribution in [2.24, 2.45) is 5.73 Å². The molecule has 1 unspecified atom stereocenters. The molecule has 0 aromatic heterocycles. The van der Waals surface area contributed by atoms with Crippen LogP contribution in [0.1, 0.15) is 49.3 Å². The normalized spacial score (nSPS) is 18.5. The van der Waals surface area contributed by atoms with Crippen LogP contribution in [-0.4, -0.2) is 11.9 Å². The van der Waals surface area contributed by atoms with Crippen LogP contribution in [0.2, 0.25) is 0 Å². The molecule has 0 radical (unpaired) electrons. The Morgan fingerprint density at radius 2 is 1.83 bits per heavy atom. The molecule has 0 bridgehead atoms. The van der Waals surface area contributed by atoms with Crippen LogP contribution in [0.4, 0.5) is 0 Å². The van der Waals surface area contributed by atoms with Gasteiger partial charge in [0.2, 0.25) is 5.91 Å². The molecule has 1 aliphatic carbocycles. The van der Waals surface area contributed by atoms with Crippen LogP contribution in [0.5, 0.6) is 0 Å². The highest BCUT2D eigenvalue weighted by molar-refractivity contribution is 5.81. The number of hydrogen-bond acceptors (Lipinski definition) is 2. The first kappa shape index (κ1) is 13.1. The lowest BCUT2D eigenvalue weighted by molar-refractivity contribution is -0.120. The predicted molar refractivity (Wildman–Crippen MR) is 73.1 cm³/mol. The second-order valence-electron chi connectivity index (χ2n) is 5.25. The average Bonchev–Trinajstić information content (AvgIpc) is 2.38. The molecule has 98 valence electrons. The summed E-state index contributed by atoms with van der Waals surface area (Å²) in [7, 11) is 0. The minimum Gasteiger partial charge on any atom is -0.368 e. The number of carbonyl (C=O) groups is 1. The van der Waals surface area contributed by atoms with Crippen molar-refractivity contribution in [3.8, 4) is 0 Å². The Hall–Kier alpha value is -1.35. The van der Waals surface area contributed by atoms with Crippen molar-refractivity contribution < 1.29 is 4.79 Å². The summed E-state index contributed by atoms with van der Waals surface area (Å²) >= 11 is 0. The number of nitrogens with one attached hydrogen (secondary N) is 1. The van der Waals surface area contributed by atoms with Gasteiger partial charge in [0.15, 0.2) is 0 Å². The van der Waals surface area contributed by atoms with Crippen molar-refractivity contribution in [1.82, 2.24) is 5.32 Å². The maximum absolute atomic E-state index is 11.6. The number of nitrogens with two attached hydrogens (primary N) is 1. The molecule has 1 fully saturated rings. The van der Waals surface area contributed by atoms with Crippen molar-refractivity contribution in [3.05, 3.63) is 35.4 Å². The fourth-order valence-corrected chi connectivity index (χ4v) is 2.61. The van der Waals surface area contributed by atoms with Crippen LogP contribution < -0.4 is 11.1 Å². The second kappa shape index (κ2) is 6.01. The Labute approximate surface area is 109 Å². The van der Waals surface area contributed by atoms with Gasteiger partial charge in [-0.15, -0.1) is 0 Å². The molecule has 0 heterocycles. The van der Waals surface area contributed by atoms with Gasteiger partial charge in [-0.05, 0) is 25.3 Å². The number of amides is 1. The first-order valence-electron chi connectivity index (χ1n) is 6.79. The van der Waals surface area contributed by atoms with Gasteiger partial charge in [0, 0.05) is 6.04 Å². The molecule has 0 saturated heterocycles. The molecule has 1 amide bonds. The topological polar surface area (TPSA) is 55.1 Å². The summed E-state index contributed by atoms with van der Waals surface area (Å²) < 4.78 is 0. The molecule has 3 N–H and O–H groups in total. The lowest BCUT2D eigenvalue weighted by Gasteiger charge is -2.27. The molecule has 0 spiro atoms. The van der Waals surface area contributed by atoms with E-state index in [9.17, 15) is 4.79 Å². The summed E-state index contributed by atoms with van der Waals surface area (Å²) in [4.78, 5) is 11.6. The molecule has 1 aliphatic rings. The zero-order valence-corrected chi connectivity index (χ0v) is 11.0. The van der Waals surface area contributed by atoms with Crippen LogP contribution in [-0.2, 0) is 4.79 Å². The van der Waals surface area contributed by atoms with Gasteiger partial charge >= 0.3 is 0 Å². The largest absolute Gasteiger partial charge is 0.368 e. The Kier molecular flexibility index (Phi) is 4.37. The van der Waals surface area contributed by atoms with Crippen molar-refractivity contribution in [2.45, 2.75) is 51.1 Å². The molecule has 18 heavy (non-hydrogen) atoms. The SMILES string of the molecule is Cc1ccc(C(NC2CCCCC2)C(N)=O)cc1. The van der Waals surface area contributed by atoms with E-state index in [4.69, 9.17) is 5.73 Å². The first-order chi connectivity index (χ1) is 8.66. The highest BCUT2D eigenvalue weighted by Crippen LogP contribution is 2.21. The smallest absolute Gasteiger partial charge is 0.239 e. The standard InChI is InChI=1S/C15H22N2O/c1-11-7-9-12(10-8-11)14(15(16)18)17-13-5-3-2-4-6-13/h7-10,13-14,17H,2-6H2,1H3,(H2,16,18). The van der Waals surface area contributed by atoms with Crippen molar-refractivity contribution in [1.29, 1.82) is 0 Å². The molecule has 2 rings (SSSR count). The van der Waals surface area contributed by atoms with Gasteiger partial charge in [-0.25, -0.2) is 0 Å². The Morgan fingerprint density at radius 3 is 2.39 bits per heavy atom. The molecule has 3 heteroatoms. The van der Waals surface area contributed by atoms with Crippen LogP contribution >= 0.6 is 0 Å². The van der Waals surface area contributed by atoms with Crippen LogP contribution in [0.3, 0.4) is 0 Å². The second-order valence-corrected chi connectivity index (χ2v) is 5.25. The summed E-state index contributed by atoms with van der Waals surface area (Å²) in [5, 5.41) is 3.42. The van der Waals surface area contributed by atoms with E-state index >= 15 is 0 Å². The van der Waals surface area contributed by atoms with E-state index in [0.717, 1.165) is 18.4 Å². The lowest BCUT2D eigenvalue weighted by atomic mass is 9.93. The minimum absolute atomic E-state index is 0.288. The molecular weight excluding hydrogens is 224 g/mol.